The van der Waals surface area contributed by atoms with E-state index in [1.807, 2.05) is 13.0 Å². The van der Waals surface area contributed by atoms with Gasteiger partial charge in [0.1, 0.15) is 12.0 Å². The first-order valence-electron chi connectivity index (χ1n) is 6.35. The predicted octanol–water partition coefficient (Wildman–Crippen LogP) is 3.12. The maximum atomic E-state index is 8.92. The van der Waals surface area contributed by atoms with Crippen LogP contribution in [0.4, 0.5) is 17.2 Å². The third kappa shape index (κ3) is 3.52. The van der Waals surface area contributed by atoms with Crippen LogP contribution >= 0.6 is 11.6 Å². The molecule has 3 N–H and O–H groups in total. The van der Waals surface area contributed by atoms with Crippen molar-refractivity contribution in [2.75, 3.05) is 17.7 Å². The summed E-state index contributed by atoms with van der Waals surface area (Å²) in [5.74, 6) is 0.704. The van der Waals surface area contributed by atoms with Crippen LogP contribution in [0, 0.1) is 11.3 Å². The highest BCUT2D eigenvalue weighted by molar-refractivity contribution is 6.33. The highest BCUT2D eigenvalue weighted by Crippen LogP contribution is 2.31. The summed E-state index contributed by atoms with van der Waals surface area (Å²) in [5.41, 5.74) is 7.30. The van der Waals surface area contributed by atoms with Gasteiger partial charge in [-0.15, -0.1) is 0 Å². The average molecular weight is 304 g/mol. The summed E-state index contributed by atoms with van der Waals surface area (Å²) in [5, 5.41) is 12.4. The Hall–Kier alpha value is -2.52. The number of ether oxygens (including phenoxy) is 1. The molecule has 2 rings (SSSR count). The second-order valence-corrected chi connectivity index (χ2v) is 4.63. The van der Waals surface area contributed by atoms with Crippen molar-refractivity contribution in [3.05, 3.63) is 35.1 Å². The van der Waals surface area contributed by atoms with Crippen LogP contribution in [0.25, 0.3) is 0 Å². The molecule has 0 saturated carbocycles. The summed E-state index contributed by atoms with van der Waals surface area (Å²) in [6.45, 7) is 2.51. The van der Waals surface area contributed by atoms with E-state index >= 15 is 0 Å². The summed E-state index contributed by atoms with van der Waals surface area (Å²) >= 11 is 6.09. The Labute approximate surface area is 127 Å². The van der Waals surface area contributed by atoms with Crippen LogP contribution in [-0.4, -0.2) is 16.6 Å². The lowest BCUT2D eigenvalue weighted by Gasteiger charge is -2.12. The zero-order chi connectivity index (χ0) is 15.2. The Balaban J connectivity index is 2.30. The largest absolute Gasteiger partial charge is 0.476 e. The summed E-state index contributed by atoms with van der Waals surface area (Å²) in [6, 6.07) is 6.93. The first-order chi connectivity index (χ1) is 10.2. The monoisotopic (exact) mass is 303 g/mol. The van der Waals surface area contributed by atoms with E-state index in [9.17, 15) is 0 Å². The number of rotatable bonds is 5. The second kappa shape index (κ2) is 6.77. The lowest BCUT2D eigenvalue weighted by Crippen LogP contribution is -2.06. The standard InChI is InChI=1S/C14H14ClN5O/c1-2-5-21-14-12(17)13(18-8-19-14)20-11-6-9(7-16)3-4-10(11)15/h3-4,6,8H,2,5,17H2,1H3,(H,18,19,20). The molecule has 7 heteroatoms. The third-order valence-corrected chi connectivity index (χ3v) is 2.97. The van der Waals surface area contributed by atoms with Crippen molar-refractivity contribution in [2.45, 2.75) is 13.3 Å². The van der Waals surface area contributed by atoms with Crippen molar-refractivity contribution in [2.24, 2.45) is 0 Å². The number of nitrogens with zero attached hydrogens (tertiary/aromatic N) is 3. The molecule has 0 aliphatic heterocycles. The van der Waals surface area contributed by atoms with Gasteiger partial charge in [0, 0.05) is 0 Å². The van der Waals surface area contributed by atoms with Crippen molar-refractivity contribution in [1.82, 2.24) is 9.97 Å². The smallest absolute Gasteiger partial charge is 0.242 e. The number of hydrogen-bond donors (Lipinski definition) is 2. The molecule has 0 unspecified atom stereocenters. The highest BCUT2D eigenvalue weighted by Gasteiger charge is 2.11. The maximum absolute atomic E-state index is 8.92. The number of benzene rings is 1. The zero-order valence-corrected chi connectivity index (χ0v) is 12.2. The van der Waals surface area contributed by atoms with E-state index < -0.39 is 0 Å². The lowest BCUT2D eigenvalue weighted by atomic mass is 10.2. The summed E-state index contributed by atoms with van der Waals surface area (Å²) in [7, 11) is 0. The van der Waals surface area contributed by atoms with Crippen LogP contribution < -0.4 is 15.8 Å². The molecule has 0 aliphatic carbocycles. The Morgan fingerprint density at radius 2 is 2.24 bits per heavy atom. The first-order valence-corrected chi connectivity index (χ1v) is 6.73. The van der Waals surface area contributed by atoms with E-state index in [2.05, 4.69) is 15.3 Å². The van der Waals surface area contributed by atoms with Crippen molar-refractivity contribution < 1.29 is 4.74 Å². The molecule has 1 heterocycles. The molecular formula is C14H14ClN5O. The van der Waals surface area contributed by atoms with E-state index in [0.717, 1.165) is 6.42 Å². The van der Waals surface area contributed by atoms with Crippen LogP contribution in [0.2, 0.25) is 5.02 Å². The quantitative estimate of drug-likeness (QED) is 0.881. The van der Waals surface area contributed by atoms with E-state index in [0.29, 0.717) is 40.3 Å². The minimum absolute atomic E-state index is 0.296. The van der Waals surface area contributed by atoms with Gasteiger partial charge in [0.25, 0.3) is 0 Å². The Morgan fingerprint density at radius 3 is 2.95 bits per heavy atom. The van der Waals surface area contributed by atoms with Gasteiger partial charge < -0.3 is 15.8 Å². The normalized spacial score (nSPS) is 9.95. The van der Waals surface area contributed by atoms with E-state index in [1.54, 1.807) is 18.2 Å². The molecule has 0 radical (unpaired) electrons. The molecular weight excluding hydrogens is 290 g/mol. The van der Waals surface area contributed by atoms with Crippen LogP contribution in [0.3, 0.4) is 0 Å². The maximum Gasteiger partial charge on any atom is 0.242 e. The fourth-order valence-corrected chi connectivity index (χ4v) is 1.78. The average Bonchev–Trinajstić information content (AvgIpc) is 2.50. The summed E-state index contributed by atoms with van der Waals surface area (Å²) in [4.78, 5) is 8.06. The van der Waals surface area contributed by atoms with Gasteiger partial charge in [0.05, 0.1) is 28.9 Å². The van der Waals surface area contributed by atoms with Crippen LogP contribution in [0.15, 0.2) is 24.5 Å². The Morgan fingerprint density at radius 1 is 1.43 bits per heavy atom. The van der Waals surface area contributed by atoms with Crippen LogP contribution in [-0.2, 0) is 0 Å². The number of nitrogen functional groups attached to an aromatic ring is 1. The fourth-order valence-electron chi connectivity index (χ4n) is 1.61. The fraction of sp³-hybridized carbons (Fsp3) is 0.214. The topological polar surface area (TPSA) is 96.9 Å². The molecule has 0 aliphatic rings. The number of anilines is 3. The molecule has 0 bridgehead atoms. The van der Waals surface area contributed by atoms with Gasteiger partial charge in [0.2, 0.25) is 5.88 Å². The van der Waals surface area contributed by atoms with Crippen molar-refractivity contribution in [1.29, 1.82) is 5.26 Å². The molecule has 1 aromatic heterocycles. The number of nitrogens with two attached hydrogens (primary N) is 1. The zero-order valence-electron chi connectivity index (χ0n) is 11.4. The van der Waals surface area contributed by atoms with Gasteiger partial charge in [-0.1, -0.05) is 18.5 Å². The SMILES string of the molecule is CCCOc1ncnc(Nc2cc(C#N)ccc2Cl)c1N. The van der Waals surface area contributed by atoms with Gasteiger partial charge in [-0.2, -0.15) is 10.2 Å². The molecule has 0 fully saturated rings. The van der Waals surface area contributed by atoms with Gasteiger partial charge in [-0.05, 0) is 24.6 Å². The van der Waals surface area contributed by atoms with Gasteiger partial charge in [-0.25, -0.2) is 4.98 Å². The lowest BCUT2D eigenvalue weighted by molar-refractivity contribution is 0.307. The summed E-state index contributed by atoms with van der Waals surface area (Å²) < 4.78 is 5.44. The van der Waals surface area contributed by atoms with Crippen molar-refractivity contribution in [3.63, 3.8) is 0 Å². The first kappa shape index (κ1) is 14.9. The molecule has 0 amide bonds. The number of nitrogens with one attached hydrogen (secondary N) is 1. The van der Waals surface area contributed by atoms with Gasteiger partial charge >= 0.3 is 0 Å². The minimum atomic E-state index is 0.296. The van der Waals surface area contributed by atoms with E-state index in [4.69, 9.17) is 27.3 Å². The highest BCUT2D eigenvalue weighted by atomic mass is 35.5. The number of aromatic nitrogens is 2. The number of halogens is 1. The van der Waals surface area contributed by atoms with Crippen LogP contribution in [0.1, 0.15) is 18.9 Å². The molecule has 6 nitrogen and oxygen atoms in total. The molecule has 0 saturated heterocycles. The molecule has 2 aromatic rings. The number of nitriles is 1. The molecule has 108 valence electrons. The minimum Gasteiger partial charge on any atom is -0.476 e. The summed E-state index contributed by atoms with van der Waals surface area (Å²) in [6.07, 6.45) is 2.20. The van der Waals surface area contributed by atoms with Gasteiger partial charge in [0.15, 0.2) is 5.82 Å². The van der Waals surface area contributed by atoms with Crippen LogP contribution in [0.5, 0.6) is 5.88 Å². The van der Waals surface area contributed by atoms with Crippen molar-refractivity contribution in [3.8, 4) is 11.9 Å². The Kier molecular flexibility index (Phi) is 4.80. The molecule has 1 aromatic carbocycles. The molecule has 0 atom stereocenters. The second-order valence-electron chi connectivity index (χ2n) is 4.22. The van der Waals surface area contributed by atoms with Crippen molar-refractivity contribution >= 4 is 28.8 Å². The molecule has 21 heavy (non-hydrogen) atoms. The predicted molar refractivity (Wildman–Crippen MR) is 81.7 cm³/mol. The Bertz CT molecular complexity index is 684. The van der Waals surface area contributed by atoms with Gasteiger partial charge in [-0.3, -0.25) is 0 Å². The van der Waals surface area contributed by atoms with E-state index in [-0.39, 0.29) is 0 Å². The molecule has 0 spiro atoms. The third-order valence-electron chi connectivity index (χ3n) is 2.64. The number of hydrogen-bond acceptors (Lipinski definition) is 6. The van der Waals surface area contributed by atoms with E-state index in [1.165, 1.54) is 6.33 Å².